The SMILES string of the molecule is CC(CC(=O)Nc1ccccc1C(N)=O)C1CCCNC1.Cl. The molecule has 1 aliphatic rings. The lowest BCUT2D eigenvalue weighted by Gasteiger charge is -2.28. The van der Waals surface area contributed by atoms with Crippen molar-refractivity contribution in [3.8, 4) is 0 Å². The van der Waals surface area contributed by atoms with Gasteiger partial charge in [-0.3, -0.25) is 9.59 Å². The number of benzene rings is 1. The summed E-state index contributed by atoms with van der Waals surface area (Å²) in [5.41, 5.74) is 6.14. The third-order valence-corrected chi connectivity index (χ3v) is 4.11. The third kappa shape index (κ3) is 5.00. The van der Waals surface area contributed by atoms with Crippen molar-refractivity contribution >= 4 is 29.9 Å². The molecule has 0 spiro atoms. The van der Waals surface area contributed by atoms with Gasteiger partial charge in [0.25, 0.3) is 5.91 Å². The van der Waals surface area contributed by atoms with Crippen LogP contribution in [0, 0.1) is 11.8 Å². The number of amides is 2. The van der Waals surface area contributed by atoms with Crippen LogP contribution in [0.3, 0.4) is 0 Å². The van der Waals surface area contributed by atoms with Gasteiger partial charge in [0.1, 0.15) is 0 Å². The number of anilines is 1. The van der Waals surface area contributed by atoms with Crippen LogP contribution in [-0.2, 0) is 4.79 Å². The predicted octanol–water partition coefficient (Wildman–Crippen LogP) is 2.17. The van der Waals surface area contributed by atoms with E-state index in [1.165, 1.54) is 12.8 Å². The smallest absolute Gasteiger partial charge is 0.250 e. The Bertz CT molecular complexity index is 516. The summed E-state index contributed by atoms with van der Waals surface area (Å²) in [6, 6.07) is 6.82. The van der Waals surface area contributed by atoms with Crippen LogP contribution in [0.5, 0.6) is 0 Å². The van der Waals surface area contributed by atoms with Crippen molar-refractivity contribution in [2.24, 2.45) is 17.6 Å². The molecule has 6 heteroatoms. The zero-order chi connectivity index (χ0) is 15.2. The normalized spacial score (nSPS) is 18.9. The standard InChI is InChI=1S/C16H23N3O2.ClH/c1-11(12-5-4-8-18-10-12)9-15(20)19-14-7-3-2-6-13(14)16(17)21;/h2-3,6-7,11-12,18H,4-5,8-10H2,1H3,(H2,17,21)(H,19,20);1H. The Hall–Kier alpha value is -1.59. The molecule has 1 saturated heterocycles. The van der Waals surface area contributed by atoms with Crippen LogP contribution < -0.4 is 16.4 Å². The highest BCUT2D eigenvalue weighted by Gasteiger charge is 2.22. The number of para-hydroxylation sites is 1. The van der Waals surface area contributed by atoms with Gasteiger partial charge in [0.2, 0.25) is 5.91 Å². The first-order valence-corrected chi connectivity index (χ1v) is 7.47. The molecule has 122 valence electrons. The molecule has 5 nitrogen and oxygen atoms in total. The van der Waals surface area contributed by atoms with Crippen LogP contribution in [0.15, 0.2) is 24.3 Å². The second-order valence-corrected chi connectivity index (χ2v) is 5.75. The lowest BCUT2D eigenvalue weighted by atomic mass is 9.85. The molecular formula is C16H24ClN3O2. The van der Waals surface area contributed by atoms with Crippen molar-refractivity contribution in [3.63, 3.8) is 0 Å². The van der Waals surface area contributed by atoms with Crippen LogP contribution >= 0.6 is 12.4 Å². The monoisotopic (exact) mass is 325 g/mol. The predicted molar refractivity (Wildman–Crippen MR) is 90.2 cm³/mol. The van der Waals surface area contributed by atoms with Gasteiger partial charge in [-0.15, -0.1) is 12.4 Å². The zero-order valence-corrected chi connectivity index (χ0v) is 13.6. The number of rotatable bonds is 5. The number of nitrogens with two attached hydrogens (primary N) is 1. The van der Waals surface area contributed by atoms with E-state index in [4.69, 9.17) is 5.73 Å². The molecule has 0 aromatic heterocycles. The Labute approximate surface area is 137 Å². The van der Waals surface area contributed by atoms with Crippen molar-refractivity contribution in [1.82, 2.24) is 5.32 Å². The van der Waals surface area contributed by atoms with Gasteiger partial charge < -0.3 is 16.4 Å². The quantitative estimate of drug-likeness (QED) is 0.775. The minimum absolute atomic E-state index is 0. The van der Waals surface area contributed by atoms with Gasteiger partial charge >= 0.3 is 0 Å². The molecule has 0 radical (unpaired) electrons. The van der Waals surface area contributed by atoms with E-state index in [1.54, 1.807) is 24.3 Å². The Balaban J connectivity index is 0.00000242. The van der Waals surface area contributed by atoms with Gasteiger partial charge in [0.05, 0.1) is 11.3 Å². The Kier molecular flexibility index (Phi) is 7.35. The van der Waals surface area contributed by atoms with Crippen LogP contribution in [-0.4, -0.2) is 24.9 Å². The first-order valence-electron chi connectivity index (χ1n) is 7.47. The second kappa shape index (κ2) is 8.76. The van der Waals surface area contributed by atoms with Crippen molar-refractivity contribution in [1.29, 1.82) is 0 Å². The second-order valence-electron chi connectivity index (χ2n) is 5.75. The molecule has 0 saturated carbocycles. The number of hydrogen-bond acceptors (Lipinski definition) is 3. The highest BCUT2D eigenvalue weighted by molar-refractivity contribution is 6.02. The van der Waals surface area contributed by atoms with Gasteiger partial charge in [-0.25, -0.2) is 0 Å². The average Bonchev–Trinajstić information content (AvgIpc) is 2.48. The molecular weight excluding hydrogens is 302 g/mol. The average molecular weight is 326 g/mol. The van der Waals surface area contributed by atoms with Crippen molar-refractivity contribution in [2.45, 2.75) is 26.2 Å². The van der Waals surface area contributed by atoms with Crippen LogP contribution in [0.4, 0.5) is 5.69 Å². The number of hydrogen-bond donors (Lipinski definition) is 3. The molecule has 1 heterocycles. The summed E-state index contributed by atoms with van der Waals surface area (Å²) in [5.74, 6) is 0.256. The van der Waals surface area contributed by atoms with Crippen molar-refractivity contribution in [3.05, 3.63) is 29.8 Å². The zero-order valence-electron chi connectivity index (χ0n) is 12.8. The van der Waals surface area contributed by atoms with Gasteiger partial charge in [0, 0.05) is 6.42 Å². The lowest BCUT2D eigenvalue weighted by molar-refractivity contribution is -0.117. The van der Waals surface area contributed by atoms with E-state index in [0.29, 0.717) is 29.5 Å². The number of carbonyl (C=O) groups excluding carboxylic acids is 2. The Morgan fingerprint density at radius 1 is 1.41 bits per heavy atom. The molecule has 22 heavy (non-hydrogen) atoms. The first-order chi connectivity index (χ1) is 10.1. The van der Waals surface area contributed by atoms with Crippen LogP contribution in [0.2, 0.25) is 0 Å². The maximum Gasteiger partial charge on any atom is 0.250 e. The molecule has 1 aromatic rings. The van der Waals surface area contributed by atoms with E-state index >= 15 is 0 Å². The fraction of sp³-hybridized carbons (Fsp3) is 0.500. The summed E-state index contributed by atoms with van der Waals surface area (Å²) in [6.07, 6.45) is 2.79. The number of piperidine rings is 1. The number of carbonyl (C=O) groups is 2. The van der Waals surface area contributed by atoms with Crippen LogP contribution in [0.25, 0.3) is 0 Å². The van der Waals surface area contributed by atoms with Gasteiger partial charge in [-0.2, -0.15) is 0 Å². The summed E-state index contributed by atoms with van der Waals surface area (Å²) in [4.78, 5) is 23.5. The largest absolute Gasteiger partial charge is 0.366 e. The highest BCUT2D eigenvalue weighted by Crippen LogP contribution is 2.23. The minimum Gasteiger partial charge on any atom is -0.366 e. The maximum atomic E-state index is 12.2. The third-order valence-electron chi connectivity index (χ3n) is 4.11. The minimum atomic E-state index is -0.532. The fourth-order valence-electron chi connectivity index (χ4n) is 2.83. The summed E-state index contributed by atoms with van der Waals surface area (Å²) >= 11 is 0. The summed E-state index contributed by atoms with van der Waals surface area (Å²) in [6.45, 7) is 4.16. The molecule has 1 fully saturated rings. The molecule has 0 bridgehead atoms. The fourth-order valence-corrected chi connectivity index (χ4v) is 2.83. The van der Waals surface area contributed by atoms with E-state index in [0.717, 1.165) is 13.1 Å². The van der Waals surface area contributed by atoms with Gasteiger partial charge in [0.15, 0.2) is 0 Å². The van der Waals surface area contributed by atoms with E-state index in [2.05, 4.69) is 17.6 Å². The molecule has 0 aliphatic carbocycles. The molecule has 2 rings (SSSR count). The van der Waals surface area contributed by atoms with E-state index < -0.39 is 5.91 Å². The highest BCUT2D eigenvalue weighted by atomic mass is 35.5. The molecule has 2 unspecified atom stereocenters. The van der Waals surface area contributed by atoms with Crippen molar-refractivity contribution in [2.75, 3.05) is 18.4 Å². The lowest BCUT2D eigenvalue weighted by Crippen LogP contribution is -2.34. The van der Waals surface area contributed by atoms with E-state index in [9.17, 15) is 9.59 Å². The number of nitrogens with one attached hydrogen (secondary N) is 2. The number of halogens is 1. The van der Waals surface area contributed by atoms with E-state index in [-0.39, 0.29) is 18.3 Å². The van der Waals surface area contributed by atoms with Crippen molar-refractivity contribution < 1.29 is 9.59 Å². The maximum absolute atomic E-state index is 12.2. The molecule has 2 atom stereocenters. The Morgan fingerprint density at radius 3 is 2.77 bits per heavy atom. The molecule has 1 aliphatic heterocycles. The van der Waals surface area contributed by atoms with Gasteiger partial charge in [-0.05, 0) is 49.9 Å². The summed E-state index contributed by atoms with van der Waals surface area (Å²) in [7, 11) is 0. The number of primary amides is 1. The summed E-state index contributed by atoms with van der Waals surface area (Å²) < 4.78 is 0. The molecule has 1 aromatic carbocycles. The molecule has 4 N–H and O–H groups in total. The Morgan fingerprint density at radius 2 is 2.14 bits per heavy atom. The topological polar surface area (TPSA) is 84.2 Å². The van der Waals surface area contributed by atoms with E-state index in [1.807, 2.05) is 0 Å². The van der Waals surface area contributed by atoms with Gasteiger partial charge in [-0.1, -0.05) is 19.1 Å². The summed E-state index contributed by atoms with van der Waals surface area (Å²) in [5, 5.41) is 6.17. The molecule has 2 amide bonds. The van der Waals surface area contributed by atoms with Crippen LogP contribution in [0.1, 0.15) is 36.5 Å². The first kappa shape index (κ1) is 18.5.